The minimum absolute atomic E-state index is 0.0278. The molecule has 5 fully saturated rings. The molecule has 0 saturated carbocycles. The summed E-state index contributed by atoms with van der Waals surface area (Å²) in [7, 11) is 0. The van der Waals surface area contributed by atoms with Crippen LogP contribution in [0.3, 0.4) is 0 Å². The Balaban J connectivity index is 0.000000445. The van der Waals surface area contributed by atoms with Crippen molar-refractivity contribution >= 4 is 50.1 Å². The number of nitrogens with zero attached hydrogens (tertiary/aromatic N) is 2. The highest BCUT2D eigenvalue weighted by Gasteiger charge is 2.25. The van der Waals surface area contributed by atoms with Crippen molar-refractivity contribution in [3.8, 4) is 0 Å². The molecule has 12 rings (SSSR count). The maximum absolute atomic E-state index is 10.1. The molecule has 7 aromatic carbocycles. The lowest BCUT2D eigenvalue weighted by molar-refractivity contribution is -0.169. The van der Waals surface area contributed by atoms with Crippen LogP contribution in [0.1, 0.15) is 141 Å². The van der Waals surface area contributed by atoms with Gasteiger partial charge in [-0.05, 0) is 227 Å². The number of anilines is 6. The predicted molar refractivity (Wildman–Crippen MR) is 341 cm³/mol. The van der Waals surface area contributed by atoms with Crippen LogP contribution < -0.4 is 9.80 Å². The largest absolute Gasteiger partial charge is 0.386 e. The van der Waals surface area contributed by atoms with Gasteiger partial charge in [0.15, 0.2) is 25.2 Å². The molecule has 5 saturated heterocycles. The standard InChI is InChI=1S/C61H70N2O8.C12H15BrO2/c1-5-37-64-58(9-1)68-42-48-17-29-54(30-18-48)62(55-31-19-49(20-32-55)43-69-59-10-2-6-38-65-59)52-25-13-46(14-26-52)41-47-15-27-53(28-16-47)63(56-33-21-50(22-34-56)44-70-60-11-3-7-39-66-60)57-35-23-51(24-36-57)45-71-61-12-4-8-40-67-61;13-10-6-4-9(5-7-10)12(14)11-3-1-2-8-15-11/h13-36,58-61H,1-12,37-45H2;4-7,11-12,14H,1-3,8H2. The van der Waals surface area contributed by atoms with Gasteiger partial charge in [0.05, 0.1) is 32.5 Å². The molecule has 6 atom stereocenters. The molecular formula is C73H85BrN2O10. The molecule has 5 aliphatic rings. The van der Waals surface area contributed by atoms with Crippen molar-refractivity contribution in [3.05, 3.63) is 213 Å². The molecule has 13 heteroatoms. The molecule has 0 aromatic heterocycles. The molecule has 5 heterocycles. The molecule has 5 aliphatic heterocycles. The van der Waals surface area contributed by atoms with E-state index in [1.54, 1.807) is 0 Å². The number of benzene rings is 7. The summed E-state index contributed by atoms with van der Waals surface area (Å²) in [4.78, 5) is 4.62. The van der Waals surface area contributed by atoms with Gasteiger partial charge in [0.2, 0.25) is 0 Å². The maximum atomic E-state index is 10.1. The molecule has 0 bridgehead atoms. The van der Waals surface area contributed by atoms with E-state index in [2.05, 4.69) is 171 Å². The van der Waals surface area contributed by atoms with E-state index in [-0.39, 0.29) is 31.3 Å². The van der Waals surface area contributed by atoms with Crippen LogP contribution in [-0.2, 0) is 75.5 Å². The van der Waals surface area contributed by atoms with Crippen LogP contribution in [0.5, 0.6) is 0 Å². The molecule has 0 radical (unpaired) electrons. The Kier molecular flexibility index (Phi) is 23.3. The SMILES string of the molecule is OC(c1ccc(Br)cc1)C1CCCCO1.c1cc(N(c2ccc(COC3CCCCO3)cc2)c2ccc(Cc3ccc(N(c4ccc(COC5CCCCO5)cc4)c4ccc(COC5CCCCO5)cc4)cc3)cc2)ccc1COC1CCCCO1. The second-order valence-corrected chi connectivity index (χ2v) is 24.1. The Morgan fingerprint density at radius 3 is 0.860 bits per heavy atom. The quantitative estimate of drug-likeness (QED) is 0.0698. The fourth-order valence-electron chi connectivity index (χ4n) is 11.6. The van der Waals surface area contributed by atoms with E-state index in [0.717, 1.165) is 202 Å². The highest BCUT2D eigenvalue weighted by atomic mass is 79.9. The number of rotatable bonds is 22. The third-order valence-electron chi connectivity index (χ3n) is 16.6. The molecule has 86 heavy (non-hydrogen) atoms. The minimum Gasteiger partial charge on any atom is -0.386 e. The summed E-state index contributed by atoms with van der Waals surface area (Å²) in [5, 5.41) is 10.1. The Labute approximate surface area is 517 Å². The highest BCUT2D eigenvalue weighted by Crippen LogP contribution is 2.38. The van der Waals surface area contributed by atoms with Crippen LogP contribution in [0.25, 0.3) is 0 Å². The third-order valence-corrected chi connectivity index (χ3v) is 17.2. The van der Waals surface area contributed by atoms with Gasteiger partial charge < -0.3 is 57.5 Å². The molecule has 1 N–H and O–H groups in total. The molecule has 0 spiro atoms. The number of ether oxygens (including phenoxy) is 9. The zero-order chi connectivity index (χ0) is 58.5. The Hall–Kier alpha value is -5.78. The maximum Gasteiger partial charge on any atom is 0.158 e. The van der Waals surface area contributed by atoms with Crippen molar-refractivity contribution in [2.24, 2.45) is 0 Å². The van der Waals surface area contributed by atoms with Gasteiger partial charge >= 0.3 is 0 Å². The van der Waals surface area contributed by atoms with Gasteiger partial charge in [0.25, 0.3) is 0 Å². The first-order chi connectivity index (χ1) is 42.4. The van der Waals surface area contributed by atoms with E-state index in [1.165, 1.54) is 11.1 Å². The predicted octanol–water partition coefficient (Wildman–Crippen LogP) is 17.4. The number of aliphatic hydroxyl groups excluding tert-OH is 1. The Morgan fingerprint density at radius 1 is 0.337 bits per heavy atom. The summed E-state index contributed by atoms with van der Waals surface area (Å²) in [6, 6.07) is 60.4. The monoisotopic (exact) mass is 1230 g/mol. The van der Waals surface area contributed by atoms with Gasteiger partial charge in [-0.1, -0.05) is 101 Å². The smallest absolute Gasteiger partial charge is 0.158 e. The van der Waals surface area contributed by atoms with Crippen LogP contribution in [0.2, 0.25) is 0 Å². The number of hydrogen-bond acceptors (Lipinski definition) is 12. The topological polar surface area (TPSA) is 110 Å². The van der Waals surface area contributed by atoms with E-state index >= 15 is 0 Å². The first-order valence-electron chi connectivity index (χ1n) is 31.5. The summed E-state index contributed by atoms with van der Waals surface area (Å²) in [5.41, 5.74) is 14.4. The zero-order valence-corrected chi connectivity index (χ0v) is 51.3. The number of halogens is 1. The Morgan fingerprint density at radius 2 is 0.605 bits per heavy atom. The van der Waals surface area contributed by atoms with Crippen molar-refractivity contribution < 1.29 is 47.7 Å². The van der Waals surface area contributed by atoms with Gasteiger partial charge in [0.1, 0.15) is 6.10 Å². The first kappa shape index (κ1) is 61.9. The molecule has 0 amide bonds. The van der Waals surface area contributed by atoms with Crippen LogP contribution in [0, 0.1) is 0 Å². The number of hydrogen-bond donors (Lipinski definition) is 1. The van der Waals surface area contributed by atoms with Gasteiger partial charge in [-0.2, -0.15) is 0 Å². The fourth-order valence-corrected chi connectivity index (χ4v) is 11.9. The van der Waals surface area contributed by atoms with E-state index in [0.29, 0.717) is 26.4 Å². The molecule has 0 aliphatic carbocycles. The van der Waals surface area contributed by atoms with E-state index in [1.807, 2.05) is 24.3 Å². The van der Waals surface area contributed by atoms with Crippen LogP contribution in [0.4, 0.5) is 34.1 Å². The number of aliphatic hydroxyl groups is 1. The summed E-state index contributed by atoms with van der Waals surface area (Å²) in [6.07, 6.45) is 15.9. The summed E-state index contributed by atoms with van der Waals surface area (Å²) in [6.45, 7) is 5.97. The van der Waals surface area contributed by atoms with Crippen molar-refractivity contribution in [2.75, 3.05) is 42.8 Å². The van der Waals surface area contributed by atoms with Crippen LogP contribution in [0.15, 0.2) is 174 Å². The lowest BCUT2D eigenvalue weighted by atomic mass is 9.98. The molecule has 7 aromatic rings. The van der Waals surface area contributed by atoms with Gasteiger partial charge in [-0.15, -0.1) is 0 Å². The molecule has 6 unspecified atom stereocenters. The molecular weight excluding hydrogens is 1140 g/mol. The average Bonchev–Trinajstić information content (AvgIpc) is 3.63. The van der Waals surface area contributed by atoms with Gasteiger partial charge in [0, 0.05) is 71.6 Å². The second kappa shape index (κ2) is 32.4. The first-order valence-corrected chi connectivity index (χ1v) is 32.3. The van der Waals surface area contributed by atoms with Crippen molar-refractivity contribution in [1.29, 1.82) is 0 Å². The normalized spacial score (nSPS) is 21.2. The molecule has 454 valence electrons. The summed E-state index contributed by atoms with van der Waals surface area (Å²) >= 11 is 3.38. The fraction of sp³-hybridized carbons (Fsp3) is 0.425. The lowest BCUT2D eigenvalue weighted by Gasteiger charge is -2.27. The van der Waals surface area contributed by atoms with Crippen molar-refractivity contribution in [1.82, 2.24) is 0 Å². The minimum atomic E-state index is -0.488. The van der Waals surface area contributed by atoms with Gasteiger partial charge in [-0.25, -0.2) is 0 Å². The second-order valence-electron chi connectivity index (χ2n) is 23.2. The lowest BCUT2D eigenvalue weighted by Crippen LogP contribution is -2.26. The van der Waals surface area contributed by atoms with Crippen LogP contribution in [-0.4, -0.2) is 69.4 Å². The summed E-state index contributed by atoms with van der Waals surface area (Å²) < 4.78 is 54.4. The van der Waals surface area contributed by atoms with Gasteiger partial charge in [-0.3, -0.25) is 0 Å². The van der Waals surface area contributed by atoms with E-state index in [4.69, 9.17) is 42.6 Å². The van der Waals surface area contributed by atoms with Crippen molar-refractivity contribution in [2.45, 2.75) is 167 Å². The van der Waals surface area contributed by atoms with Crippen LogP contribution >= 0.6 is 15.9 Å². The third kappa shape index (κ3) is 18.2. The van der Waals surface area contributed by atoms with E-state index < -0.39 is 6.10 Å². The van der Waals surface area contributed by atoms with E-state index in [9.17, 15) is 5.11 Å². The average molecular weight is 1230 g/mol. The summed E-state index contributed by atoms with van der Waals surface area (Å²) in [5.74, 6) is 0. The highest BCUT2D eigenvalue weighted by molar-refractivity contribution is 9.10. The van der Waals surface area contributed by atoms with Crippen molar-refractivity contribution in [3.63, 3.8) is 0 Å². The zero-order valence-electron chi connectivity index (χ0n) is 49.7. The molecule has 12 nitrogen and oxygen atoms in total. The Bertz CT molecular complexity index is 2740.